The average Bonchev–Trinajstić information content (AvgIpc) is 2.04. The largest absolute Gasteiger partial charge is 0.266 e. The lowest BCUT2D eigenvalue weighted by molar-refractivity contribution is 0.437. The van der Waals surface area contributed by atoms with Crippen molar-refractivity contribution in [3.63, 3.8) is 0 Å². The zero-order valence-corrected chi connectivity index (χ0v) is 10.2. The summed E-state index contributed by atoms with van der Waals surface area (Å²) < 4.78 is 0. The molecule has 0 aromatic carbocycles. The predicted octanol–water partition coefficient (Wildman–Crippen LogP) is 4.36. The van der Waals surface area contributed by atoms with Crippen LogP contribution in [-0.2, 0) is 0 Å². The minimum atomic E-state index is 0.324. The summed E-state index contributed by atoms with van der Waals surface area (Å²) in [4.78, 5) is 4.43. The summed E-state index contributed by atoms with van der Waals surface area (Å²) in [5.74, 6) is 0. The molecule has 0 aromatic rings. The first-order valence-corrected chi connectivity index (χ1v) is 5.25. The zero-order chi connectivity index (χ0) is 11.2. The molecule has 0 unspecified atom stereocenters. The molecule has 80 valence electrons. The fourth-order valence-electron chi connectivity index (χ4n) is 1.09. The van der Waals surface area contributed by atoms with E-state index in [1.807, 2.05) is 19.2 Å². The molecule has 0 amide bonds. The second-order valence-corrected chi connectivity index (χ2v) is 4.74. The van der Waals surface area contributed by atoms with Crippen molar-refractivity contribution in [1.29, 1.82) is 0 Å². The van der Waals surface area contributed by atoms with Crippen molar-refractivity contribution in [2.75, 3.05) is 0 Å². The van der Waals surface area contributed by atoms with Gasteiger partial charge in [0.2, 0.25) is 0 Å². The zero-order valence-electron chi connectivity index (χ0n) is 10.2. The fourth-order valence-corrected chi connectivity index (χ4v) is 1.09. The third-order valence-electron chi connectivity index (χ3n) is 2.08. The van der Waals surface area contributed by atoms with Gasteiger partial charge in [0.05, 0.1) is 0 Å². The van der Waals surface area contributed by atoms with Crippen LogP contribution in [-0.4, -0.2) is 6.21 Å². The van der Waals surface area contributed by atoms with Crippen LogP contribution in [0.1, 0.15) is 47.5 Å². The number of hydrogen-bond donors (Lipinski definition) is 0. The molecule has 0 saturated heterocycles. The lowest BCUT2D eigenvalue weighted by Crippen LogP contribution is -2.04. The third kappa shape index (κ3) is 5.74. The van der Waals surface area contributed by atoms with Crippen molar-refractivity contribution >= 4 is 6.21 Å². The Labute approximate surface area is 88.6 Å². The molecular weight excluding hydrogens is 170 g/mol. The molecule has 0 heterocycles. The Hall–Kier alpha value is -0.850. The van der Waals surface area contributed by atoms with E-state index in [0.717, 1.165) is 18.5 Å². The third-order valence-corrected chi connectivity index (χ3v) is 2.08. The maximum atomic E-state index is 4.43. The molecule has 0 spiro atoms. The molecule has 0 aliphatic carbocycles. The summed E-state index contributed by atoms with van der Waals surface area (Å²) in [5, 5.41) is 0. The molecule has 1 nitrogen and oxygen atoms in total. The van der Waals surface area contributed by atoms with Gasteiger partial charge in [-0.05, 0) is 30.8 Å². The van der Waals surface area contributed by atoms with Crippen LogP contribution in [0.25, 0.3) is 0 Å². The molecule has 0 radical (unpaired) electrons. The van der Waals surface area contributed by atoms with Gasteiger partial charge in [-0.25, -0.2) is 0 Å². The molecule has 1 heteroatoms. The Balaban J connectivity index is 4.37. The second-order valence-electron chi connectivity index (χ2n) is 4.74. The van der Waals surface area contributed by atoms with E-state index >= 15 is 0 Å². The van der Waals surface area contributed by atoms with Crippen LogP contribution in [0.3, 0.4) is 0 Å². The molecule has 14 heavy (non-hydrogen) atoms. The highest BCUT2D eigenvalue weighted by molar-refractivity contribution is 5.60. The van der Waals surface area contributed by atoms with Crippen molar-refractivity contribution in [3.05, 3.63) is 23.9 Å². The molecule has 0 aliphatic rings. The van der Waals surface area contributed by atoms with E-state index in [9.17, 15) is 0 Å². The Morgan fingerprint density at radius 1 is 1.36 bits per heavy atom. The van der Waals surface area contributed by atoms with E-state index in [1.165, 1.54) is 5.57 Å². The SMILES string of the molecule is C=C/C(CC)=C(/C)N=CCC(C)(C)C. The van der Waals surface area contributed by atoms with Gasteiger partial charge in [0, 0.05) is 11.9 Å². The first-order chi connectivity index (χ1) is 6.40. The highest BCUT2D eigenvalue weighted by atomic mass is 14.7. The summed E-state index contributed by atoms with van der Waals surface area (Å²) in [7, 11) is 0. The molecule has 0 aliphatic heterocycles. The second kappa shape index (κ2) is 5.79. The molecule has 0 N–H and O–H groups in total. The van der Waals surface area contributed by atoms with Crippen LogP contribution in [0, 0.1) is 5.41 Å². The van der Waals surface area contributed by atoms with Gasteiger partial charge >= 0.3 is 0 Å². The van der Waals surface area contributed by atoms with E-state index in [-0.39, 0.29) is 0 Å². The van der Waals surface area contributed by atoms with Crippen LogP contribution in [0.15, 0.2) is 28.9 Å². The van der Waals surface area contributed by atoms with Crippen molar-refractivity contribution in [1.82, 2.24) is 0 Å². The van der Waals surface area contributed by atoms with Crippen LogP contribution < -0.4 is 0 Å². The standard InChI is InChI=1S/C13H23N/c1-7-12(8-2)11(3)14-10-9-13(4,5)6/h7,10H,1,8-9H2,2-6H3/b12-11+,14-10?. The summed E-state index contributed by atoms with van der Waals surface area (Å²) in [6, 6.07) is 0. The van der Waals surface area contributed by atoms with Gasteiger partial charge < -0.3 is 0 Å². The molecule has 0 bridgehead atoms. The highest BCUT2D eigenvalue weighted by Gasteiger charge is 2.06. The van der Waals surface area contributed by atoms with Gasteiger partial charge in [0.25, 0.3) is 0 Å². The normalized spacial score (nSPS) is 14.4. The lowest BCUT2D eigenvalue weighted by Gasteiger charge is -2.14. The summed E-state index contributed by atoms with van der Waals surface area (Å²) in [6.07, 6.45) is 5.92. The van der Waals surface area contributed by atoms with Gasteiger partial charge in [-0.3, -0.25) is 4.99 Å². The molecular formula is C13H23N. The maximum absolute atomic E-state index is 4.43. The van der Waals surface area contributed by atoms with E-state index in [2.05, 4.69) is 39.3 Å². The molecule has 0 rings (SSSR count). The average molecular weight is 193 g/mol. The van der Waals surface area contributed by atoms with E-state index < -0.39 is 0 Å². The van der Waals surface area contributed by atoms with Crippen LogP contribution in [0.2, 0.25) is 0 Å². The number of nitrogens with zero attached hydrogens (tertiary/aromatic N) is 1. The van der Waals surface area contributed by atoms with Crippen molar-refractivity contribution in [3.8, 4) is 0 Å². The monoisotopic (exact) mass is 193 g/mol. The Bertz CT molecular complexity index is 238. The van der Waals surface area contributed by atoms with Crippen molar-refractivity contribution < 1.29 is 0 Å². The molecule has 0 aromatic heterocycles. The van der Waals surface area contributed by atoms with E-state index in [1.54, 1.807) is 0 Å². The van der Waals surface area contributed by atoms with Crippen LogP contribution >= 0.6 is 0 Å². The summed E-state index contributed by atoms with van der Waals surface area (Å²) in [5.41, 5.74) is 2.64. The number of hydrogen-bond acceptors (Lipinski definition) is 1. The lowest BCUT2D eigenvalue weighted by atomic mass is 9.93. The summed E-state index contributed by atoms with van der Waals surface area (Å²) >= 11 is 0. The minimum Gasteiger partial charge on any atom is -0.266 e. The molecule has 0 fully saturated rings. The summed E-state index contributed by atoms with van der Waals surface area (Å²) in [6.45, 7) is 14.6. The molecule has 0 atom stereocenters. The van der Waals surface area contributed by atoms with E-state index in [4.69, 9.17) is 0 Å². The highest BCUT2D eigenvalue weighted by Crippen LogP contribution is 2.17. The number of allylic oxidation sites excluding steroid dienone is 3. The number of rotatable bonds is 4. The van der Waals surface area contributed by atoms with Gasteiger partial charge in [-0.2, -0.15) is 0 Å². The van der Waals surface area contributed by atoms with Gasteiger partial charge in [0.15, 0.2) is 0 Å². The van der Waals surface area contributed by atoms with Crippen LogP contribution in [0.4, 0.5) is 0 Å². The molecule has 0 saturated carbocycles. The maximum Gasteiger partial charge on any atom is 0.0400 e. The van der Waals surface area contributed by atoms with Gasteiger partial charge in [0.1, 0.15) is 0 Å². The van der Waals surface area contributed by atoms with Crippen LogP contribution in [0.5, 0.6) is 0 Å². The smallest absolute Gasteiger partial charge is 0.0400 e. The van der Waals surface area contributed by atoms with Gasteiger partial charge in [-0.1, -0.05) is 40.3 Å². The van der Waals surface area contributed by atoms with Crippen molar-refractivity contribution in [2.45, 2.75) is 47.5 Å². The first kappa shape index (κ1) is 13.2. The first-order valence-electron chi connectivity index (χ1n) is 5.25. The van der Waals surface area contributed by atoms with Crippen molar-refractivity contribution in [2.24, 2.45) is 10.4 Å². The minimum absolute atomic E-state index is 0.324. The van der Waals surface area contributed by atoms with Gasteiger partial charge in [-0.15, -0.1) is 0 Å². The Kier molecular flexibility index (Phi) is 5.44. The topological polar surface area (TPSA) is 12.4 Å². The number of aliphatic imine (C=N–C) groups is 1. The Morgan fingerprint density at radius 2 is 1.93 bits per heavy atom. The quantitative estimate of drug-likeness (QED) is 0.464. The Morgan fingerprint density at radius 3 is 2.29 bits per heavy atom. The predicted molar refractivity (Wildman–Crippen MR) is 65.8 cm³/mol. The van der Waals surface area contributed by atoms with E-state index in [0.29, 0.717) is 5.41 Å². The fraction of sp³-hybridized carbons (Fsp3) is 0.615.